The van der Waals surface area contributed by atoms with Gasteiger partial charge >= 0.3 is 5.97 Å². The Morgan fingerprint density at radius 2 is 1.64 bits per heavy atom. The molecule has 2 aliphatic rings. The second kappa shape index (κ2) is 7.44. The number of anilines is 1. The average molecular weight is 346 g/mol. The van der Waals surface area contributed by atoms with Crippen LogP contribution in [0.15, 0.2) is 24.3 Å². The van der Waals surface area contributed by atoms with Crippen molar-refractivity contribution in [2.75, 3.05) is 18.4 Å². The zero-order valence-electron chi connectivity index (χ0n) is 14.4. The molecule has 25 heavy (non-hydrogen) atoms. The van der Waals surface area contributed by atoms with Gasteiger partial charge in [-0.05, 0) is 49.9 Å². The van der Waals surface area contributed by atoms with Crippen molar-refractivity contribution < 1.29 is 19.8 Å². The predicted molar refractivity (Wildman–Crippen MR) is 94.7 cm³/mol. The minimum absolute atomic E-state index is 0.100. The minimum Gasteiger partial charge on any atom is -0.478 e. The van der Waals surface area contributed by atoms with Gasteiger partial charge in [0.2, 0.25) is 0 Å². The number of benzene rings is 1. The molecule has 6 nitrogen and oxygen atoms in total. The van der Waals surface area contributed by atoms with E-state index in [1.807, 2.05) is 0 Å². The van der Waals surface area contributed by atoms with Gasteiger partial charge in [-0.1, -0.05) is 19.3 Å². The maximum absolute atomic E-state index is 12.6. The van der Waals surface area contributed by atoms with Crippen molar-refractivity contribution in [2.45, 2.75) is 56.6 Å². The molecule has 0 aromatic heterocycles. The van der Waals surface area contributed by atoms with Crippen LogP contribution in [0.5, 0.6) is 0 Å². The Hall–Kier alpha value is -2.08. The van der Waals surface area contributed by atoms with Crippen LogP contribution >= 0.6 is 0 Å². The van der Waals surface area contributed by atoms with E-state index in [4.69, 9.17) is 5.11 Å². The molecule has 2 fully saturated rings. The first-order valence-corrected chi connectivity index (χ1v) is 9.10. The zero-order valence-corrected chi connectivity index (χ0v) is 14.4. The lowest BCUT2D eigenvalue weighted by Crippen LogP contribution is -2.53. The molecular weight excluding hydrogens is 320 g/mol. The monoisotopic (exact) mass is 346 g/mol. The van der Waals surface area contributed by atoms with Crippen LogP contribution in [0.3, 0.4) is 0 Å². The van der Waals surface area contributed by atoms with Crippen LogP contribution in [-0.4, -0.2) is 51.7 Å². The second-order valence-electron chi connectivity index (χ2n) is 7.19. The van der Waals surface area contributed by atoms with Crippen molar-refractivity contribution in [2.24, 2.45) is 0 Å². The van der Waals surface area contributed by atoms with Crippen LogP contribution < -0.4 is 5.32 Å². The quantitative estimate of drug-likeness (QED) is 0.779. The molecule has 1 aliphatic carbocycles. The van der Waals surface area contributed by atoms with E-state index >= 15 is 0 Å². The Kier molecular flexibility index (Phi) is 5.27. The number of rotatable bonds is 4. The third-order valence-corrected chi connectivity index (χ3v) is 5.36. The number of aromatic carboxylic acids is 1. The van der Waals surface area contributed by atoms with Crippen LogP contribution in [0.1, 0.15) is 55.3 Å². The van der Waals surface area contributed by atoms with Crippen LogP contribution in [0.4, 0.5) is 5.69 Å². The molecule has 3 rings (SSSR count). The molecule has 1 aliphatic heterocycles. The lowest BCUT2D eigenvalue weighted by Gasteiger charge is -2.39. The Bertz CT molecular complexity index is 615. The summed E-state index contributed by atoms with van der Waals surface area (Å²) < 4.78 is 0. The first-order chi connectivity index (χ1) is 12.0. The topological polar surface area (TPSA) is 89.9 Å². The van der Waals surface area contributed by atoms with Gasteiger partial charge in [-0.3, -0.25) is 4.79 Å². The van der Waals surface area contributed by atoms with E-state index in [1.54, 1.807) is 29.2 Å². The fourth-order valence-electron chi connectivity index (χ4n) is 3.82. The predicted octanol–water partition coefficient (Wildman–Crippen LogP) is 2.48. The molecule has 1 aromatic rings. The van der Waals surface area contributed by atoms with E-state index in [2.05, 4.69) is 5.32 Å². The van der Waals surface area contributed by atoms with Crippen molar-refractivity contribution in [3.63, 3.8) is 0 Å². The van der Waals surface area contributed by atoms with Gasteiger partial charge < -0.3 is 20.4 Å². The largest absolute Gasteiger partial charge is 0.478 e. The molecule has 3 N–H and O–H groups in total. The number of carbonyl (C=O) groups is 2. The molecule has 0 spiro atoms. The van der Waals surface area contributed by atoms with Gasteiger partial charge in [-0.2, -0.15) is 0 Å². The molecule has 1 amide bonds. The van der Waals surface area contributed by atoms with Crippen molar-refractivity contribution in [3.05, 3.63) is 29.8 Å². The third kappa shape index (κ3) is 4.12. The summed E-state index contributed by atoms with van der Waals surface area (Å²) in [5.74, 6) is -1.03. The number of likely N-dealkylation sites (tertiary alicyclic amines) is 1. The number of hydrogen-bond acceptors (Lipinski definition) is 4. The van der Waals surface area contributed by atoms with E-state index < -0.39 is 11.6 Å². The number of hydrogen-bond donors (Lipinski definition) is 3. The molecule has 1 saturated carbocycles. The zero-order chi connectivity index (χ0) is 17.9. The maximum atomic E-state index is 12.6. The maximum Gasteiger partial charge on any atom is 0.335 e. The van der Waals surface area contributed by atoms with E-state index in [0.29, 0.717) is 25.9 Å². The smallest absolute Gasteiger partial charge is 0.335 e. The highest BCUT2D eigenvalue weighted by Crippen LogP contribution is 2.31. The summed E-state index contributed by atoms with van der Waals surface area (Å²) in [6.07, 6.45) is 5.76. The van der Waals surface area contributed by atoms with E-state index in [9.17, 15) is 14.7 Å². The molecular formula is C19H26N2O4. The molecule has 0 radical (unpaired) electrons. The summed E-state index contributed by atoms with van der Waals surface area (Å²) in [6.45, 7) is 1.29. The normalized spacial score (nSPS) is 20.9. The summed E-state index contributed by atoms with van der Waals surface area (Å²) in [6, 6.07) is 6.96. The minimum atomic E-state index is -1.15. The first kappa shape index (κ1) is 17.7. The third-order valence-electron chi connectivity index (χ3n) is 5.36. The summed E-state index contributed by atoms with van der Waals surface area (Å²) >= 11 is 0. The summed E-state index contributed by atoms with van der Waals surface area (Å²) in [5, 5.41) is 22.9. The van der Waals surface area contributed by atoms with Crippen LogP contribution in [-0.2, 0) is 4.79 Å². The Balaban J connectivity index is 1.51. The Morgan fingerprint density at radius 3 is 2.20 bits per heavy atom. The number of nitrogens with one attached hydrogen (secondary N) is 1. The van der Waals surface area contributed by atoms with Gasteiger partial charge in [0.15, 0.2) is 0 Å². The van der Waals surface area contributed by atoms with Gasteiger partial charge in [0.05, 0.1) is 5.56 Å². The number of nitrogens with zero attached hydrogens (tertiary/aromatic N) is 1. The highest BCUT2D eigenvalue weighted by atomic mass is 16.4. The van der Waals surface area contributed by atoms with Gasteiger partial charge in [0.1, 0.15) is 5.60 Å². The molecule has 1 aromatic carbocycles. The number of carboxylic acids is 1. The molecule has 1 heterocycles. The fraction of sp³-hybridized carbons (Fsp3) is 0.579. The SMILES string of the molecule is O=C(O)c1ccc(NC2CCN(C(=O)C3(O)CCCCC3)CC2)cc1. The lowest BCUT2D eigenvalue weighted by atomic mass is 9.83. The van der Waals surface area contributed by atoms with Gasteiger partial charge in [0.25, 0.3) is 5.91 Å². The highest BCUT2D eigenvalue weighted by Gasteiger charge is 2.40. The van der Waals surface area contributed by atoms with Crippen LogP contribution in [0, 0.1) is 0 Å². The number of amides is 1. The number of carboxylic acid groups (broad SMARTS) is 1. The van der Waals surface area contributed by atoms with E-state index in [-0.39, 0.29) is 17.5 Å². The van der Waals surface area contributed by atoms with E-state index in [1.165, 1.54) is 0 Å². The van der Waals surface area contributed by atoms with Crippen molar-refractivity contribution in [1.29, 1.82) is 0 Å². The first-order valence-electron chi connectivity index (χ1n) is 9.10. The second-order valence-corrected chi connectivity index (χ2v) is 7.19. The van der Waals surface area contributed by atoms with Gasteiger partial charge in [-0.15, -0.1) is 0 Å². The van der Waals surface area contributed by atoms with E-state index in [0.717, 1.165) is 37.8 Å². The summed E-state index contributed by atoms with van der Waals surface area (Å²) in [4.78, 5) is 25.3. The summed E-state index contributed by atoms with van der Waals surface area (Å²) in [5.41, 5.74) is 0.0120. The molecule has 0 unspecified atom stereocenters. The standard InChI is InChI=1S/C19H26N2O4/c22-17(23)14-4-6-15(7-5-14)20-16-8-12-21(13-9-16)18(24)19(25)10-2-1-3-11-19/h4-7,16,20,25H,1-3,8-13H2,(H,22,23). The molecule has 1 saturated heterocycles. The Labute approximate surface area is 147 Å². The van der Waals surface area contributed by atoms with Gasteiger partial charge in [0, 0.05) is 24.8 Å². The summed E-state index contributed by atoms with van der Waals surface area (Å²) in [7, 11) is 0. The van der Waals surface area contributed by atoms with Crippen LogP contribution in [0.25, 0.3) is 0 Å². The van der Waals surface area contributed by atoms with Crippen molar-refractivity contribution in [1.82, 2.24) is 4.90 Å². The molecule has 0 bridgehead atoms. The number of carbonyl (C=O) groups excluding carboxylic acids is 1. The van der Waals surface area contributed by atoms with Gasteiger partial charge in [-0.25, -0.2) is 4.79 Å². The molecule has 0 atom stereocenters. The molecule has 6 heteroatoms. The highest BCUT2D eigenvalue weighted by molar-refractivity contribution is 5.88. The number of aliphatic hydroxyl groups is 1. The Morgan fingerprint density at radius 1 is 1.04 bits per heavy atom. The van der Waals surface area contributed by atoms with Crippen molar-refractivity contribution >= 4 is 17.6 Å². The number of piperidine rings is 1. The lowest BCUT2D eigenvalue weighted by molar-refractivity contribution is -0.155. The average Bonchev–Trinajstić information content (AvgIpc) is 2.63. The van der Waals surface area contributed by atoms with Crippen molar-refractivity contribution in [3.8, 4) is 0 Å². The fourth-order valence-corrected chi connectivity index (χ4v) is 3.82. The van der Waals surface area contributed by atoms with Crippen LogP contribution in [0.2, 0.25) is 0 Å². The molecule has 136 valence electrons.